The highest BCUT2D eigenvalue weighted by Gasteiger charge is 2.29. The van der Waals surface area contributed by atoms with Crippen LogP contribution >= 0.6 is 0 Å². The van der Waals surface area contributed by atoms with Gasteiger partial charge in [0.25, 0.3) is 5.89 Å². The number of pyridine rings is 1. The third-order valence-corrected chi connectivity index (χ3v) is 5.09. The number of hydrogen-bond acceptors (Lipinski definition) is 7. The summed E-state index contributed by atoms with van der Waals surface area (Å²) < 4.78 is 12.5. The summed E-state index contributed by atoms with van der Waals surface area (Å²) in [4.78, 5) is 16.7. The number of rotatable bonds is 7. The Labute approximate surface area is 177 Å². The zero-order valence-electron chi connectivity index (χ0n) is 16.9. The summed E-state index contributed by atoms with van der Waals surface area (Å²) in [5.41, 5.74) is 2.25. The lowest BCUT2D eigenvalue weighted by Gasteiger charge is -2.04. The molecule has 0 atom stereocenters. The van der Waals surface area contributed by atoms with Crippen LogP contribution in [0.3, 0.4) is 0 Å². The number of para-hydroxylation sites is 1. The van der Waals surface area contributed by atoms with E-state index in [9.17, 15) is 4.79 Å². The van der Waals surface area contributed by atoms with E-state index in [-0.39, 0.29) is 12.5 Å². The number of carbonyl (C=O) groups is 1. The van der Waals surface area contributed by atoms with Gasteiger partial charge in [0.05, 0.1) is 13.7 Å². The molecule has 9 nitrogen and oxygen atoms in total. The van der Waals surface area contributed by atoms with Crippen molar-refractivity contribution >= 4 is 17.6 Å². The number of aromatic nitrogens is 5. The summed E-state index contributed by atoms with van der Waals surface area (Å²) in [7, 11) is 1.60. The molecule has 1 amide bonds. The highest BCUT2D eigenvalue weighted by Crippen LogP contribution is 2.38. The minimum absolute atomic E-state index is 0.238. The topological polar surface area (TPSA) is 107 Å². The van der Waals surface area contributed by atoms with E-state index in [4.69, 9.17) is 9.26 Å². The molecule has 1 fully saturated rings. The largest absolute Gasteiger partial charge is 0.496 e. The number of ether oxygens (including phenoxy) is 1. The van der Waals surface area contributed by atoms with Crippen molar-refractivity contribution in [3.63, 3.8) is 0 Å². The Balaban J connectivity index is 1.26. The Morgan fingerprint density at radius 2 is 2.16 bits per heavy atom. The fourth-order valence-electron chi connectivity index (χ4n) is 3.25. The van der Waals surface area contributed by atoms with Crippen molar-refractivity contribution in [2.24, 2.45) is 0 Å². The fraction of sp³-hybridized carbons (Fsp3) is 0.227. The van der Waals surface area contributed by atoms with Gasteiger partial charge >= 0.3 is 0 Å². The Hall–Kier alpha value is -4.01. The van der Waals surface area contributed by atoms with Crippen LogP contribution in [0.5, 0.6) is 5.75 Å². The first-order chi connectivity index (χ1) is 15.2. The molecule has 156 valence electrons. The summed E-state index contributed by atoms with van der Waals surface area (Å²) in [5, 5.41) is 15.2. The van der Waals surface area contributed by atoms with Gasteiger partial charge in [-0.25, -0.2) is 0 Å². The summed E-state index contributed by atoms with van der Waals surface area (Å²) in [5.74, 6) is 2.75. The zero-order chi connectivity index (χ0) is 21.2. The molecular formula is C22H20N6O3. The van der Waals surface area contributed by atoms with Gasteiger partial charge in [-0.15, -0.1) is 10.2 Å². The third-order valence-electron chi connectivity index (χ3n) is 5.09. The quantitative estimate of drug-likeness (QED) is 0.462. The number of amides is 1. The van der Waals surface area contributed by atoms with Crippen molar-refractivity contribution in [3.8, 4) is 17.2 Å². The van der Waals surface area contributed by atoms with Crippen LogP contribution in [-0.4, -0.2) is 37.8 Å². The molecule has 1 aliphatic rings. The molecule has 3 heterocycles. The number of benzene rings is 1. The molecular weight excluding hydrogens is 396 g/mol. The monoisotopic (exact) mass is 416 g/mol. The Bertz CT molecular complexity index is 1270. The van der Waals surface area contributed by atoms with Crippen LogP contribution in [-0.2, 0) is 11.3 Å². The number of methoxy groups -OCH3 is 1. The highest BCUT2D eigenvalue weighted by atomic mass is 16.5. The summed E-state index contributed by atoms with van der Waals surface area (Å²) >= 11 is 0. The first-order valence-electron chi connectivity index (χ1n) is 9.98. The molecule has 5 rings (SSSR count). The van der Waals surface area contributed by atoms with Crippen LogP contribution in [0.15, 0.2) is 53.2 Å². The Morgan fingerprint density at radius 3 is 3.00 bits per heavy atom. The Kier molecular flexibility index (Phi) is 4.91. The molecule has 0 saturated heterocycles. The first-order valence-corrected chi connectivity index (χ1v) is 9.98. The molecule has 0 unspecified atom stereocenters. The fourth-order valence-corrected chi connectivity index (χ4v) is 3.25. The van der Waals surface area contributed by atoms with Gasteiger partial charge < -0.3 is 14.6 Å². The second kappa shape index (κ2) is 8.02. The van der Waals surface area contributed by atoms with E-state index in [1.807, 2.05) is 47.0 Å². The molecule has 1 aliphatic carbocycles. The maximum Gasteiger partial charge on any atom is 0.258 e. The predicted molar refractivity (Wildman–Crippen MR) is 112 cm³/mol. The lowest BCUT2D eigenvalue weighted by Crippen LogP contribution is -2.21. The first kappa shape index (κ1) is 19.0. The van der Waals surface area contributed by atoms with E-state index in [0.29, 0.717) is 29.0 Å². The van der Waals surface area contributed by atoms with Crippen molar-refractivity contribution in [2.45, 2.75) is 25.3 Å². The summed E-state index contributed by atoms with van der Waals surface area (Å²) in [6.07, 6.45) is 7.24. The molecule has 1 saturated carbocycles. The number of fused-ring (bicyclic) bond motifs is 1. The molecule has 9 heteroatoms. The van der Waals surface area contributed by atoms with Crippen molar-refractivity contribution in [1.29, 1.82) is 0 Å². The van der Waals surface area contributed by atoms with E-state index in [2.05, 4.69) is 25.7 Å². The zero-order valence-corrected chi connectivity index (χ0v) is 16.9. The van der Waals surface area contributed by atoms with Crippen LogP contribution in [0.1, 0.15) is 36.0 Å². The Morgan fingerprint density at radius 1 is 1.29 bits per heavy atom. The van der Waals surface area contributed by atoms with Gasteiger partial charge in [-0.1, -0.05) is 23.4 Å². The van der Waals surface area contributed by atoms with E-state index in [0.717, 1.165) is 29.8 Å². The molecule has 31 heavy (non-hydrogen) atoms. The molecule has 3 aromatic heterocycles. The van der Waals surface area contributed by atoms with Gasteiger partial charge in [0.1, 0.15) is 5.75 Å². The standard InChI is InChI=1S/C22H20N6O3/c1-30-17-5-3-2-4-14(17)8-9-20(29)23-13-19-26-25-18-12-16(10-11-28(18)19)22-24-21(27-31-22)15-6-7-15/h2-5,8-12,15H,6-7,13H2,1H3,(H,23,29). The molecule has 0 radical (unpaired) electrons. The lowest BCUT2D eigenvalue weighted by molar-refractivity contribution is -0.116. The molecule has 1 aromatic carbocycles. The van der Waals surface area contributed by atoms with Gasteiger partial charge in [0.15, 0.2) is 17.3 Å². The van der Waals surface area contributed by atoms with Crippen molar-refractivity contribution in [3.05, 3.63) is 65.9 Å². The van der Waals surface area contributed by atoms with Gasteiger partial charge in [-0.05, 0) is 37.1 Å². The maximum atomic E-state index is 12.2. The van der Waals surface area contributed by atoms with E-state index >= 15 is 0 Å². The summed E-state index contributed by atoms with van der Waals surface area (Å²) in [6, 6.07) is 11.2. The lowest BCUT2D eigenvalue weighted by atomic mass is 10.2. The molecule has 0 bridgehead atoms. The van der Waals surface area contributed by atoms with E-state index < -0.39 is 0 Å². The van der Waals surface area contributed by atoms with Crippen LogP contribution in [0.4, 0.5) is 0 Å². The van der Waals surface area contributed by atoms with Crippen LogP contribution in [0.25, 0.3) is 23.2 Å². The SMILES string of the molecule is COc1ccccc1C=CC(=O)NCc1nnc2cc(-c3nc(C4CC4)no3)ccn12. The van der Waals surface area contributed by atoms with Crippen LogP contribution in [0, 0.1) is 0 Å². The van der Waals surface area contributed by atoms with Gasteiger partial charge in [-0.2, -0.15) is 4.98 Å². The molecule has 1 N–H and O–H groups in total. The molecule has 0 aliphatic heterocycles. The number of carbonyl (C=O) groups excluding carboxylic acids is 1. The van der Waals surface area contributed by atoms with Crippen molar-refractivity contribution in [2.75, 3.05) is 7.11 Å². The summed E-state index contributed by atoms with van der Waals surface area (Å²) in [6.45, 7) is 0.238. The average molecular weight is 416 g/mol. The maximum absolute atomic E-state index is 12.2. The van der Waals surface area contributed by atoms with E-state index in [1.54, 1.807) is 13.2 Å². The van der Waals surface area contributed by atoms with Crippen LogP contribution in [0.2, 0.25) is 0 Å². The number of hydrogen-bond donors (Lipinski definition) is 1. The van der Waals surface area contributed by atoms with Gasteiger partial charge in [0, 0.05) is 29.3 Å². The average Bonchev–Trinajstić information content (AvgIpc) is 3.39. The molecule has 0 spiro atoms. The van der Waals surface area contributed by atoms with Crippen molar-refractivity contribution < 1.29 is 14.1 Å². The highest BCUT2D eigenvalue weighted by molar-refractivity contribution is 5.92. The smallest absolute Gasteiger partial charge is 0.258 e. The second-order valence-corrected chi connectivity index (χ2v) is 7.28. The van der Waals surface area contributed by atoms with Crippen LogP contribution < -0.4 is 10.1 Å². The van der Waals surface area contributed by atoms with Gasteiger partial charge in [0.2, 0.25) is 5.91 Å². The predicted octanol–water partition coefficient (Wildman–Crippen LogP) is 2.99. The van der Waals surface area contributed by atoms with Crippen molar-refractivity contribution in [1.82, 2.24) is 30.1 Å². The van der Waals surface area contributed by atoms with Gasteiger partial charge in [-0.3, -0.25) is 9.20 Å². The molecule has 4 aromatic rings. The van der Waals surface area contributed by atoms with E-state index in [1.165, 1.54) is 6.08 Å². The third kappa shape index (κ3) is 4.02. The number of nitrogens with one attached hydrogen (secondary N) is 1. The normalized spacial score (nSPS) is 13.7. The minimum atomic E-state index is -0.238. The number of nitrogens with zero attached hydrogens (tertiary/aromatic N) is 5. The second-order valence-electron chi connectivity index (χ2n) is 7.28. The minimum Gasteiger partial charge on any atom is -0.496 e.